The first-order valence-corrected chi connectivity index (χ1v) is 9.94. The van der Waals surface area contributed by atoms with E-state index in [1.54, 1.807) is 43.5 Å². The molecule has 0 saturated carbocycles. The van der Waals surface area contributed by atoms with Gasteiger partial charge in [-0.3, -0.25) is 9.89 Å². The number of H-pyrrole nitrogens is 1. The number of nitrogens with one attached hydrogen (secondary N) is 3. The van der Waals surface area contributed by atoms with Gasteiger partial charge in [0.15, 0.2) is 17.3 Å². The van der Waals surface area contributed by atoms with Crippen LogP contribution in [-0.2, 0) is 9.53 Å². The van der Waals surface area contributed by atoms with Crippen molar-refractivity contribution in [1.82, 2.24) is 15.4 Å². The standard InChI is InChI=1S/C23H20FN5O4/c1-31-9-10-32-20-13-19-16(11-17(20)24)23(28-27-19)21-12-18(29-33-21)14-4-6-15(7-5-14)26-22(30)3-2-8-25/h2-8,11-13,25H,9-10H2,1H3,(H,26,30)(H,27,28)/b3-2-,25-8?. The molecule has 0 saturated heterocycles. The SMILES string of the molecule is COCCOc1cc2[nH]nc(-c3cc(-c4ccc(NC(=O)/C=C\C=N)cc4)no3)c2cc1F. The van der Waals surface area contributed by atoms with Crippen LogP contribution >= 0.6 is 0 Å². The van der Waals surface area contributed by atoms with E-state index in [4.69, 9.17) is 19.4 Å². The van der Waals surface area contributed by atoms with Crippen molar-refractivity contribution in [2.75, 3.05) is 25.6 Å². The molecule has 10 heteroatoms. The number of ether oxygens (including phenoxy) is 2. The van der Waals surface area contributed by atoms with Gasteiger partial charge in [-0.15, -0.1) is 0 Å². The van der Waals surface area contributed by atoms with Crippen LogP contribution < -0.4 is 10.1 Å². The van der Waals surface area contributed by atoms with E-state index in [2.05, 4.69) is 20.7 Å². The highest BCUT2D eigenvalue weighted by Gasteiger charge is 2.17. The second-order valence-corrected chi connectivity index (χ2v) is 6.91. The second kappa shape index (κ2) is 9.88. The van der Waals surface area contributed by atoms with Crippen molar-refractivity contribution in [2.24, 2.45) is 0 Å². The van der Waals surface area contributed by atoms with Crippen molar-refractivity contribution >= 4 is 28.7 Å². The summed E-state index contributed by atoms with van der Waals surface area (Å²) in [6, 6.07) is 11.6. The fourth-order valence-corrected chi connectivity index (χ4v) is 3.12. The minimum Gasteiger partial charge on any atom is -0.488 e. The number of rotatable bonds is 9. The Morgan fingerprint density at radius 3 is 2.82 bits per heavy atom. The molecule has 2 aromatic heterocycles. The van der Waals surface area contributed by atoms with Gasteiger partial charge in [-0.2, -0.15) is 5.10 Å². The minimum atomic E-state index is -0.519. The Labute approximate surface area is 187 Å². The van der Waals surface area contributed by atoms with Gasteiger partial charge in [-0.05, 0) is 24.3 Å². The molecule has 0 aliphatic carbocycles. The number of halogens is 1. The summed E-state index contributed by atoms with van der Waals surface area (Å²) in [4.78, 5) is 11.7. The van der Waals surface area contributed by atoms with Crippen LogP contribution in [0.5, 0.6) is 5.75 Å². The van der Waals surface area contributed by atoms with E-state index >= 15 is 0 Å². The summed E-state index contributed by atoms with van der Waals surface area (Å²) in [5, 5.41) is 21.3. The van der Waals surface area contributed by atoms with Crippen molar-refractivity contribution in [3.8, 4) is 28.5 Å². The van der Waals surface area contributed by atoms with Gasteiger partial charge in [0.1, 0.15) is 18.0 Å². The van der Waals surface area contributed by atoms with E-state index < -0.39 is 5.82 Å². The lowest BCUT2D eigenvalue weighted by Crippen LogP contribution is -2.07. The molecule has 0 atom stereocenters. The first-order valence-electron chi connectivity index (χ1n) is 9.94. The summed E-state index contributed by atoms with van der Waals surface area (Å²) < 4.78 is 30.3. The Morgan fingerprint density at radius 2 is 2.06 bits per heavy atom. The lowest BCUT2D eigenvalue weighted by molar-refractivity contribution is -0.111. The Kier molecular flexibility index (Phi) is 6.56. The summed E-state index contributed by atoms with van der Waals surface area (Å²) in [6.07, 6.45) is 3.62. The maximum atomic E-state index is 14.5. The Hall–Kier alpha value is -4.31. The molecule has 0 radical (unpaired) electrons. The zero-order valence-electron chi connectivity index (χ0n) is 17.6. The number of amides is 1. The number of benzene rings is 2. The van der Waals surface area contributed by atoms with Gasteiger partial charge < -0.3 is 24.7 Å². The zero-order valence-corrected chi connectivity index (χ0v) is 17.6. The number of hydrogen-bond donors (Lipinski definition) is 3. The molecule has 9 nitrogen and oxygen atoms in total. The highest BCUT2D eigenvalue weighted by atomic mass is 19.1. The van der Waals surface area contributed by atoms with Crippen molar-refractivity contribution in [3.05, 3.63) is 60.4 Å². The highest BCUT2D eigenvalue weighted by molar-refractivity contribution is 6.01. The van der Waals surface area contributed by atoms with Crippen LogP contribution in [0.1, 0.15) is 0 Å². The molecule has 0 bridgehead atoms. The van der Waals surface area contributed by atoms with Crippen LogP contribution in [-0.4, -0.2) is 47.8 Å². The van der Waals surface area contributed by atoms with Crippen molar-refractivity contribution in [3.63, 3.8) is 0 Å². The molecule has 4 aromatic rings. The number of fused-ring (bicyclic) bond motifs is 1. The van der Waals surface area contributed by atoms with Gasteiger partial charge in [0, 0.05) is 48.2 Å². The molecular formula is C23H20FN5O4. The van der Waals surface area contributed by atoms with Crippen molar-refractivity contribution < 1.29 is 23.2 Å². The van der Waals surface area contributed by atoms with E-state index in [1.165, 1.54) is 18.2 Å². The largest absolute Gasteiger partial charge is 0.488 e. The number of anilines is 1. The Bertz CT molecular complexity index is 1310. The van der Waals surface area contributed by atoms with Crippen LogP contribution in [0.25, 0.3) is 33.6 Å². The van der Waals surface area contributed by atoms with Gasteiger partial charge in [0.05, 0.1) is 12.1 Å². The monoisotopic (exact) mass is 449 g/mol. The quantitative estimate of drug-likeness (QED) is 0.200. The van der Waals surface area contributed by atoms with E-state index in [0.717, 1.165) is 11.8 Å². The van der Waals surface area contributed by atoms with Gasteiger partial charge >= 0.3 is 0 Å². The Morgan fingerprint density at radius 1 is 1.24 bits per heavy atom. The molecule has 0 aliphatic heterocycles. The number of aromatic amines is 1. The fourth-order valence-electron chi connectivity index (χ4n) is 3.12. The summed E-state index contributed by atoms with van der Waals surface area (Å²) in [6.45, 7) is 0.579. The number of hydrogen-bond acceptors (Lipinski definition) is 7. The maximum Gasteiger partial charge on any atom is 0.248 e. The average Bonchev–Trinajstić information content (AvgIpc) is 3.45. The molecule has 0 spiro atoms. The minimum absolute atomic E-state index is 0.105. The van der Waals surface area contributed by atoms with Gasteiger partial charge in [0.2, 0.25) is 5.91 Å². The second-order valence-electron chi connectivity index (χ2n) is 6.91. The van der Waals surface area contributed by atoms with Crippen LogP contribution in [0.3, 0.4) is 0 Å². The first kappa shape index (κ1) is 21.9. The number of carbonyl (C=O) groups excluding carboxylic acids is 1. The zero-order chi connectivity index (χ0) is 23.2. The van der Waals surface area contributed by atoms with Gasteiger partial charge in [-0.25, -0.2) is 4.39 Å². The lowest BCUT2D eigenvalue weighted by Gasteiger charge is -2.06. The van der Waals surface area contributed by atoms with E-state index in [9.17, 15) is 9.18 Å². The number of allylic oxidation sites excluding steroid dienone is 1. The van der Waals surface area contributed by atoms with Gasteiger partial charge in [-0.1, -0.05) is 17.3 Å². The van der Waals surface area contributed by atoms with Crippen LogP contribution in [0, 0.1) is 11.2 Å². The fraction of sp³-hybridized carbons (Fsp3) is 0.130. The van der Waals surface area contributed by atoms with E-state index in [0.29, 0.717) is 40.3 Å². The number of methoxy groups -OCH3 is 1. The summed E-state index contributed by atoms with van der Waals surface area (Å²) in [5.41, 5.74) is 2.93. The smallest absolute Gasteiger partial charge is 0.248 e. The molecule has 1 amide bonds. The first-order chi connectivity index (χ1) is 16.1. The van der Waals surface area contributed by atoms with Crippen LogP contribution in [0.2, 0.25) is 0 Å². The maximum absolute atomic E-state index is 14.5. The topological polar surface area (TPSA) is 126 Å². The highest BCUT2D eigenvalue weighted by Crippen LogP contribution is 2.33. The van der Waals surface area contributed by atoms with Crippen molar-refractivity contribution in [2.45, 2.75) is 0 Å². The third-order valence-corrected chi connectivity index (χ3v) is 4.70. The molecule has 0 fully saturated rings. The normalized spacial score (nSPS) is 11.2. The number of nitrogens with zero attached hydrogens (tertiary/aromatic N) is 2. The third-order valence-electron chi connectivity index (χ3n) is 4.70. The molecule has 0 aliphatic rings. The molecule has 0 unspecified atom stereocenters. The lowest BCUT2D eigenvalue weighted by atomic mass is 10.1. The van der Waals surface area contributed by atoms with Crippen LogP contribution in [0.4, 0.5) is 10.1 Å². The Balaban J connectivity index is 1.53. The number of carbonyl (C=O) groups is 1. The molecule has 2 heterocycles. The van der Waals surface area contributed by atoms with E-state index in [1.807, 2.05) is 0 Å². The van der Waals surface area contributed by atoms with Crippen LogP contribution in [0.15, 0.2) is 59.1 Å². The van der Waals surface area contributed by atoms with Gasteiger partial charge in [0.25, 0.3) is 0 Å². The molecule has 2 aromatic carbocycles. The molecular weight excluding hydrogens is 429 g/mol. The summed E-state index contributed by atoms with van der Waals surface area (Å²) in [7, 11) is 1.54. The molecule has 3 N–H and O–H groups in total. The third kappa shape index (κ3) is 4.96. The van der Waals surface area contributed by atoms with Crippen molar-refractivity contribution in [1.29, 1.82) is 5.41 Å². The predicted molar refractivity (Wildman–Crippen MR) is 121 cm³/mol. The predicted octanol–water partition coefficient (Wildman–Crippen LogP) is 4.19. The molecule has 33 heavy (non-hydrogen) atoms. The van der Waals surface area contributed by atoms with E-state index in [-0.39, 0.29) is 18.3 Å². The summed E-state index contributed by atoms with van der Waals surface area (Å²) in [5.74, 6) is -0.375. The average molecular weight is 449 g/mol. The summed E-state index contributed by atoms with van der Waals surface area (Å²) >= 11 is 0. The molecule has 4 rings (SSSR count). The number of aromatic nitrogens is 3. The molecule has 168 valence electrons.